The zero-order valence-corrected chi connectivity index (χ0v) is 35.0. The highest BCUT2D eigenvalue weighted by atomic mass is 32.2. The van der Waals surface area contributed by atoms with Crippen LogP contribution in [0.2, 0.25) is 0 Å². The van der Waals surface area contributed by atoms with E-state index in [1.54, 1.807) is 12.1 Å². The van der Waals surface area contributed by atoms with E-state index in [4.69, 9.17) is 9.47 Å². The molecule has 60 heavy (non-hydrogen) atoms. The summed E-state index contributed by atoms with van der Waals surface area (Å²) in [6, 6.07) is 64.3. The second-order valence-corrected chi connectivity index (χ2v) is 20.6. The largest absolute Gasteiger partial charge is 0.426 e. The molecule has 296 valence electrons. The Balaban J connectivity index is 0.926. The van der Waals surface area contributed by atoms with Crippen LogP contribution in [-0.2, 0) is 26.6 Å². The van der Waals surface area contributed by atoms with Gasteiger partial charge in [0.25, 0.3) is 0 Å². The van der Waals surface area contributed by atoms with Crippen LogP contribution >= 0.6 is 0 Å². The second kappa shape index (κ2) is 16.7. The van der Waals surface area contributed by atoms with Gasteiger partial charge >= 0.3 is 11.9 Å². The third kappa shape index (κ3) is 7.94. The minimum absolute atomic E-state index is 0.0113. The molecule has 0 amide bonds. The normalized spacial score (nSPS) is 21.2. The maximum Gasteiger partial charge on any atom is 0.343 e. The summed E-state index contributed by atoms with van der Waals surface area (Å²) in [5, 5.41) is 0. The van der Waals surface area contributed by atoms with Crippen molar-refractivity contribution in [1.29, 1.82) is 0 Å². The van der Waals surface area contributed by atoms with Crippen molar-refractivity contribution in [3.05, 3.63) is 194 Å². The van der Waals surface area contributed by atoms with E-state index >= 15 is 0 Å². The zero-order chi connectivity index (χ0) is 40.5. The van der Waals surface area contributed by atoms with Gasteiger partial charge in [0, 0.05) is 12.1 Å². The SMILES string of the molecule is O=C(Oc1ccc([S+](c2ccccc2)c2cccc(-c3cccc([S+](c4ccccc4)c4ccc(OC(=O)C56CC7CC(CC(C7)C5)C6)cc4)c3)c2)cc1)c1ccccc1. The summed E-state index contributed by atoms with van der Waals surface area (Å²) in [5.41, 5.74) is 2.51. The lowest BCUT2D eigenvalue weighted by atomic mass is 9.49. The van der Waals surface area contributed by atoms with Crippen LogP contribution in [0.4, 0.5) is 0 Å². The second-order valence-electron chi connectivity index (χ2n) is 16.6. The van der Waals surface area contributed by atoms with Crippen LogP contribution in [0.3, 0.4) is 0 Å². The maximum absolute atomic E-state index is 13.8. The molecule has 0 spiro atoms. The van der Waals surface area contributed by atoms with Crippen LogP contribution in [0.15, 0.2) is 217 Å². The Kier molecular flexibility index (Phi) is 10.7. The van der Waals surface area contributed by atoms with Crippen LogP contribution in [0.5, 0.6) is 11.5 Å². The first kappa shape index (κ1) is 38.4. The molecule has 0 N–H and O–H groups in total. The van der Waals surface area contributed by atoms with Gasteiger partial charge in [-0.1, -0.05) is 78.9 Å². The lowest BCUT2D eigenvalue weighted by molar-refractivity contribution is -0.161. The molecule has 0 aliphatic heterocycles. The minimum Gasteiger partial charge on any atom is -0.426 e. The first-order valence-electron chi connectivity index (χ1n) is 21.0. The first-order chi connectivity index (χ1) is 29.5. The van der Waals surface area contributed by atoms with Crippen molar-refractivity contribution < 1.29 is 19.1 Å². The molecule has 0 radical (unpaired) electrons. The molecule has 4 nitrogen and oxygen atoms in total. The topological polar surface area (TPSA) is 52.6 Å². The Morgan fingerprint density at radius 2 is 0.800 bits per heavy atom. The molecule has 4 saturated carbocycles. The summed E-state index contributed by atoms with van der Waals surface area (Å²) in [6.07, 6.45) is 6.91. The van der Waals surface area contributed by atoms with Crippen LogP contribution < -0.4 is 9.47 Å². The number of carbonyl (C=O) groups is 2. The predicted molar refractivity (Wildman–Crippen MR) is 240 cm³/mol. The third-order valence-corrected chi connectivity index (χ3v) is 16.9. The van der Waals surface area contributed by atoms with E-state index in [9.17, 15) is 9.59 Å². The summed E-state index contributed by atoms with van der Waals surface area (Å²) < 4.78 is 11.9. The van der Waals surface area contributed by atoms with Crippen molar-refractivity contribution in [2.45, 2.75) is 67.9 Å². The van der Waals surface area contributed by atoms with Gasteiger partial charge in [0.15, 0.2) is 29.4 Å². The molecule has 4 aliphatic rings. The highest BCUT2D eigenvalue weighted by Crippen LogP contribution is 2.60. The number of rotatable bonds is 11. The highest BCUT2D eigenvalue weighted by molar-refractivity contribution is 7.97. The smallest absolute Gasteiger partial charge is 0.343 e. The molecule has 0 aromatic heterocycles. The van der Waals surface area contributed by atoms with Gasteiger partial charge < -0.3 is 9.47 Å². The van der Waals surface area contributed by atoms with Crippen LogP contribution in [-0.4, -0.2) is 11.9 Å². The van der Waals surface area contributed by atoms with Crippen LogP contribution in [0, 0.1) is 23.2 Å². The Morgan fingerprint density at radius 3 is 1.25 bits per heavy atom. The Morgan fingerprint density at radius 1 is 0.417 bits per heavy atom. The molecule has 2 atom stereocenters. The molecule has 7 aromatic rings. The predicted octanol–water partition coefficient (Wildman–Crippen LogP) is 12.9. The summed E-state index contributed by atoms with van der Waals surface area (Å²) >= 11 is 0. The minimum atomic E-state index is -0.414. The average molecular weight is 823 g/mol. The fourth-order valence-electron chi connectivity index (χ4n) is 10.1. The summed E-state index contributed by atoms with van der Waals surface area (Å²) in [7, 11) is -0.810. The number of hydrogen-bond donors (Lipinski definition) is 0. The van der Waals surface area contributed by atoms with Gasteiger partial charge in [-0.25, -0.2) is 4.79 Å². The number of ether oxygens (including phenoxy) is 2. The molecule has 0 heterocycles. The molecule has 0 saturated heterocycles. The van der Waals surface area contributed by atoms with Gasteiger partial charge in [0.05, 0.1) is 32.8 Å². The van der Waals surface area contributed by atoms with Crippen molar-refractivity contribution in [2.75, 3.05) is 0 Å². The Labute approximate surface area is 358 Å². The third-order valence-electron chi connectivity index (χ3n) is 12.5. The first-order valence-corrected chi connectivity index (χ1v) is 23.4. The molecule has 2 unspecified atom stereocenters. The van der Waals surface area contributed by atoms with Gasteiger partial charge in [-0.05, 0) is 164 Å². The summed E-state index contributed by atoms with van der Waals surface area (Å²) in [6.45, 7) is 0. The number of benzene rings is 7. The highest BCUT2D eigenvalue weighted by Gasteiger charge is 2.55. The fraction of sp³-hybridized carbons (Fsp3) is 0.185. The van der Waals surface area contributed by atoms with Gasteiger partial charge in [-0.3, -0.25) is 4.79 Å². The van der Waals surface area contributed by atoms with E-state index < -0.39 is 21.8 Å². The van der Waals surface area contributed by atoms with Crippen molar-refractivity contribution in [1.82, 2.24) is 0 Å². The molecule has 6 heteroatoms. The molecular weight excluding hydrogens is 777 g/mol. The van der Waals surface area contributed by atoms with Crippen molar-refractivity contribution in [2.24, 2.45) is 23.2 Å². The van der Waals surface area contributed by atoms with Crippen molar-refractivity contribution in [3.8, 4) is 22.6 Å². The summed E-state index contributed by atoms with van der Waals surface area (Å²) in [5.74, 6) is 2.85. The molecule has 4 fully saturated rings. The lowest BCUT2D eigenvalue weighted by Crippen LogP contribution is -2.51. The van der Waals surface area contributed by atoms with Crippen molar-refractivity contribution in [3.63, 3.8) is 0 Å². The molecule has 4 bridgehead atoms. The molecular formula is C54H46O4S2+2. The van der Waals surface area contributed by atoms with Gasteiger partial charge in [-0.2, -0.15) is 0 Å². The lowest BCUT2D eigenvalue weighted by Gasteiger charge is -2.55. The van der Waals surface area contributed by atoms with E-state index in [2.05, 4.69) is 127 Å². The van der Waals surface area contributed by atoms with E-state index in [-0.39, 0.29) is 17.4 Å². The molecule has 7 aromatic carbocycles. The van der Waals surface area contributed by atoms with Gasteiger partial charge in [-0.15, -0.1) is 0 Å². The Bertz CT molecular complexity index is 2570. The Hall–Kier alpha value is -5.82. The zero-order valence-electron chi connectivity index (χ0n) is 33.3. The van der Waals surface area contributed by atoms with E-state index in [0.29, 0.717) is 34.8 Å². The van der Waals surface area contributed by atoms with Gasteiger partial charge in [0.2, 0.25) is 0 Å². The van der Waals surface area contributed by atoms with E-state index in [0.717, 1.165) is 35.3 Å². The fourth-order valence-corrected chi connectivity index (χ4v) is 14.4. The number of esters is 2. The quantitative estimate of drug-likeness (QED) is 0.0741. The monoisotopic (exact) mass is 822 g/mol. The summed E-state index contributed by atoms with van der Waals surface area (Å²) in [4.78, 5) is 33.7. The maximum atomic E-state index is 13.8. The standard InChI is InChI=1S/C54H46O4S2/c55-52(41-12-4-1-5-13-41)57-44-22-26-48(27-23-44)59(46-16-6-2-7-17-46)50-20-10-14-42(33-50)43-15-11-21-51(34-43)60(47-18-8-3-9-19-47)49-28-24-45(25-29-49)58-53(56)54-35-38-30-39(36-54)32-40(31-38)37-54/h1-29,33-34,38-40H,30-32,35-37H2/q+2. The van der Waals surface area contributed by atoms with Gasteiger partial charge in [0.1, 0.15) is 11.5 Å². The molecule has 4 aliphatic carbocycles. The number of hydrogen-bond acceptors (Lipinski definition) is 4. The van der Waals surface area contributed by atoms with E-state index in [1.807, 2.05) is 48.5 Å². The molecule has 11 rings (SSSR count). The van der Waals surface area contributed by atoms with Crippen LogP contribution in [0.25, 0.3) is 11.1 Å². The average Bonchev–Trinajstić information content (AvgIpc) is 3.28. The number of carbonyl (C=O) groups excluding carboxylic acids is 2. The van der Waals surface area contributed by atoms with Crippen LogP contribution in [0.1, 0.15) is 48.9 Å². The van der Waals surface area contributed by atoms with E-state index in [1.165, 1.54) is 43.7 Å². The van der Waals surface area contributed by atoms with Crippen molar-refractivity contribution >= 4 is 33.7 Å².